The second-order valence-electron chi connectivity index (χ2n) is 7.34. The van der Waals surface area contributed by atoms with Crippen molar-refractivity contribution in [2.45, 2.75) is 17.9 Å². The number of hydrogen-bond donors (Lipinski definition) is 0. The van der Waals surface area contributed by atoms with E-state index in [0.29, 0.717) is 0 Å². The lowest BCUT2D eigenvalue weighted by molar-refractivity contribution is 0.0612. The van der Waals surface area contributed by atoms with Crippen LogP contribution in [-0.2, 0) is 12.0 Å². The van der Waals surface area contributed by atoms with Crippen molar-refractivity contribution < 1.29 is 4.74 Å². The number of fused-ring (bicyclic) bond motifs is 1. The van der Waals surface area contributed by atoms with Crippen molar-refractivity contribution in [3.8, 4) is 5.75 Å². The van der Waals surface area contributed by atoms with Crippen LogP contribution in [0.5, 0.6) is 5.75 Å². The van der Waals surface area contributed by atoms with Gasteiger partial charge in [-0.1, -0.05) is 109 Å². The monoisotopic (exact) mass is 362 g/mol. The zero-order chi connectivity index (χ0) is 18.8. The Morgan fingerprint density at radius 3 is 1.68 bits per heavy atom. The van der Waals surface area contributed by atoms with E-state index in [4.69, 9.17) is 4.74 Å². The molecule has 4 aromatic carbocycles. The second-order valence-corrected chi connectivity index (χ2v) is 7.34. The van der Waals surface area contributed by atoms with E-state index < -0.39 is 5.60 Å². The van der Waals surface area contributed by atoms with E-state index in [-0.39, 0.29) is 5.92 Å². The normalized spacial score (nSPS) is 17.4. The SMILES string of the molecule is c1ccc(C2Cc3ccccc3OC2(c2ccccc2)c2ccccc2)cc1. The van der Waals surface area contributed by atoms with Crippen LogP contribution >= 0.6 is 0 Å². The average molecular weight is 362 g/mol. The van der Waals surface area contributed by atoms with E-state index in [0.717, 1.165) is 12.2 Å². The molecule has 0 aromatic heterocycles. The third-order valence-corrected chi connectivity index (χ3v) is 5.77. The molecule has 0 bridgehead atoms. The highest BCUT2D eigenvalue weighted by molar-refractivity contribution is 5.49. The molecule has 28 heavy (non-hydrogen) atoms. The highest BCUT2D eigenvalue weighted by Gasteiger charge is 2.48. The van der Waals surface area contributed by atoms with Gasteiger partial charge in [-0.25, -0.2) is 0 Å². The maximum Gasteiger partial charge on any atom is 0.166 e. The van der Waals surface area contributed by atoms with Crippen LogP contribution in [0, 0.1) is 0 Å². The molecule has 0 N–H and O–H groups in total. The van der Waals surface area contributed by atoms with Crippen molar-refractivity contribution in [1.82, 2.24) is 0 Å². The maximum atomic E-state index is 6.96. The van der Waals surface area contributed by atoms with Gasteiger partial charge in [0.15, 0.2) is 5.60 Å². The van der Waals surface area contributed by atoms with Crippen molar-refractivity contribution in [2.24, 2.45) is 0 Å². The Morgan fingerprint density at radius 2 is 1.07 bits per heavy atom. The molecule has 4 aromatic rings. The lowest BCUT2D eigenvalue weighted by Crippen LogP contribution is -2.44. The quantitative estimate of drug-likeness (QED) is 0.413. The molecule has 0 saturated carbocycles. The van der Waals surface area contributed by atoms with Gasteiger partial charge in [0.25, 0.3) is 0 Å². The number of rotatable bonds is 3. The summed E-state index contributed by atoms with van der Waals surface area (Å²) in [5.41, 5.74) is 4.36. The lowest BCUT2D eigenvalue weighted by atomic mass is 9.69. The van der Waals surface area contributed by atoms with Crippen molar-refractivity contribution in [2.75, 3.05) is 0 Å². The molecule has 0 saturated heterocycles. The number of para-hydroxylation sites is 1. The van der Waals surface area contributed by atoms with Crippen molar-refractivity contribution in [3.05, 3.63) is 138 Å². The summed E-state index contributed by atoms with van der Waals surface area (Å²) in [6.45, 7) is 0. The van der Waals surface area contributed by atoms with E-state index in [2.05, 4.69) is 115 Å². The van der Waals surface area contributed by atoms with Gasteiger partial charge in [0.1, 0.15) is 5.75 Å². The lowest BCUT2D eigenvalue weighted by Gasteiger charge is -2.46. The third-order valence-electron chi connectivity index (χ3n) is 5.77. The highest BCUT2D eigenvalue weighted by atomic mass is 16.5. The number of ether oxygens (including phenoxy) is 1. The molecule has 0 fully saturated rings. The Hall–Kier alpha value is -3.32. The molecular formula is C27H22O. The van der Waals surface area contributed by atoms with Gasteiger partial charge in [0.2, 0.25) is 0 Å². The molecule has 1 unspecified atom stereocenters. The first kappa shape index (κ1) is 16.8. The molecule has 0 amide bonds. The number of benzene rings is 4. The molecule has 1 nitrogen and oxygen atoms in total. The van der Waals surface area contributed by atoms with Gasteiger partial charge in [-0.05, 0) is 23.6 Å². The first-order valence-electron chi connectivity index (χ1n) is 9.81. The van der Waals surface area contributed by atoms with Gasteiger partial charge < -0.3 is 4.74 Å². The fourth-order valence-corrected chi connectivity index (χ4v) is 4.48. The first-order valence-corrected chi connectivity index (χ1v) is 9.81. The van der Waals surface area contributed by atoms with Crippen LogP contribution in [0.25, 0.3) is 0 Å². The van der Waals surface area contributed by atoms with Crippen LogP contribution in [0.3, 0.4) is 0 Å². The summed E-state index contributed by atoms with van der Waals surface area (Å²) in [7, 11) is 0. The van der Waals surface area contributed by atoms with Gasteiger partial charge in [0, 0.05) is 17.0 Å². The summed E-state index contributed by atoms with van der Waals surface area (Å²) < 4.78 is 6.96. The first-order chi connectivity index (χ1) is 13.9. The van der Waals surface area contributed by atoms with E-state index in [1.165, 1.54) is 22.3 Å². The largest absolute Gasteiger partial charge is 0.477 e. The molecule has 1 heteroatoms. The van der Waals surface area contributed by atoms with E-state index in [1.807, 2.05) is 0 Å². The maximum absolute atomic E-state index is 6.96. The third kappa shape index (κ3) is 2.71. The summed E-state index contributed by atoms with van der Waals surface area (Å²) in [4.78, 5) is 0. The number of hydrogen-bond acceptors (Lipinski definition) is 1. The molecule has 1 aliphatic heterocycles. The van der Waals surface area contributed by atoms with Gasteiger partial charge >= 0.3 is 0 Å². The van der Waals surface area contributed by atoms with Crippen LogP contribution in [0.4, 0.5) is 0 Å². The zero-order valence-electron chi connectivity index (χ0n) is 15.7. The van der Waals surface area contributed by atoms with Crippen molar-refractivity contribution in [1.29, 1.82) is 0 Å². The minimum atomic E-state index is -0.571. The molecule has 0 radical (unpaired) electrons. The Balaban J connectivity index is 1.81. The minimum Gasteiger partial charge on any atom is -0.477 e. The van der Waals surface area contributed by atoms with E-state index in [1.54, 1.807) is 0 Å². The summed E-state index contributed by atoms with van der Waals surface area (Å²) >= 11 is 0. The highest BCUT2D eigenvalue weighted by Crippen LogP contribution is 2.51. The van der Waals surface area contributed by atoms with Gasteiger partial charge in [-0.15, -0.1) is 0 Å². The standard InChI is InChI=1S/C27H22O/c1-4-12-21(13-5-1)25-20-22-14-10-11-19-26(22)28-27(25,23-15-6-2-7-16-23)24-17-8-3-9-18-24/h1-19,25H,20H2. The van der Waals surface area contributed by atoms with Crippen molar-refractivity contribution in [3.63, 3.8) is 0 Å². The molecule has 1 aliphatic rings. The second kappa shape index (κ2) is 7.01. The summed E-state index contributed by atoms with van der Waals surface area (Å²) in [6, 6.07) is 40.5. The Labute approximate surface area is 166 Å². The predicted molar refractivity (Wildman–Crippen MR) is 114 cm³/mol. The zero-order valence-corrected chi connectivity index (χ0v) is 15.7. The summed E-state index contributed by atoms with van der Waals surface area (Å²) in [5, 5.41) is 0. The Bertz CT molecular complexity index is 1020. The molecule has 136 valence electrons. The van der Waals surface area contributed by atoms with E-state index >= 15 is 0 Å². The Morgan fingerprint density at radius 1 is 0.571 bits per heavy atom. The van der Waals surface area contributed by atoms with Gasteiger partial charge in [-0.2, -0.15) is 0 Å². The minimum absolute atomic E-state index is 0.174. The van der Waals surface area contributed by atoms with Gasteiger partial charge in [-0.3, -0.25) is 0 Å². The van der Waals surface area contributed by atoms with E-state index in [9.17, 15) is 0 Å². The fourth-order valence-electron chi connectivity index (χ4n) is 4.48. The smallest absolute Gasteiger partial charge is 0.166 e. The topological polar surface area (TPSA) is 9.23 Å². The fraction of sp³-hybridized carbons (Fsp3) is 0.111. The molecule has 5 rings (SSSR count). The summed E-state index contributed by atoms with van der Waals surface area (Å²) in [5.74, 6) is 1.15. The van der Waals surface area contributed by atoms with Crippen LogP contribution in [0.15, 0.2) is 115 Å². The molecule has 1 heterocycles. The van der Waals surface area contributed by atoms with Crippen molar-refractivity contribution >= 4 is 0 Å². The Kier molecular flexibility index (Phi) is 4.21. The predicted octanol–water partition coefficient (Wildman–Crippen LogP) is 6.35. The molecular weight excluding hydrogens is 340 g/mol. The molecule has 1 atom stereocenters. The van der Waals surface area contributed by atoms with Crippen LogP contribution in [0.1, 0.15) is 28.2 Å². The van der Waals surface area contributed by atoms with Gasteiger partial charge in [0.05, 0.1) is 0 Å². The average Bonchev–Trinajstić information content (AvgIpc) is 2.80. The van der Waals surface area contributed by atoms with Crippen LogP contribution < -0.4 is 4.74 Å². The van der Waals surface area contributed by atoms with Crippen LogP contribution in [0.2, 0.25) is 0 Å². The molecule has 0 aliphatic carbocycles. The molecule has 0 spiro atoms. The summed E-state index contributed by atoms with van der Waals surface area (Å²) in [6.07, 6.45) is 0.934. The van der Waals surface area contributed by atoms with Crippen LogP contribution in [-0.4, -0.2) is 0 Å².